The van der Waals surface area contributed by atoms with Crippen molar-refractivity contribution in [3.8, 4) is 11.8 Å². The predicted octanol–water partition coefficient (Wildman–Crippen LogP) is 2.86. The first kappa shape index (κ1) is 13.6. The number of nitrogens with zero attached hydrogens (tertiary/aromatic N) is 1. The third-order valence-electron chi connectivity index (χ3n) is 3.06. The van der Waals surface area contributed by atoms with Crippen molar-refractivity contribution in [1.82, 2.24) is 0 Å². The van der Waals surface area contributed by atoms with E-state index >= 15 is 0 Å². The van der Waals surface area contributed by atoms with Gasteiger partial charge in [0.15, 0.2) is 0 Å². The molecule has 0 radical (unpaired) electrons. The Hall–Kier alpha value is -2.80. The van der Waals surface area contributed by atoms with Gasteiger partial charge >= 0.3 is 5.97 Å². The maximum Gasteiger partial charge on any atom is 0.337 e. The zero-order chi connectivity index (χ0) is 14.5. The lowest BCUT2D eigenvalue weighted by Crippen LogP contribution is -2.06. The summed E-state index contributed by atoms with van der Waals surface area (Å²) in [4.78, 5) is 11.2. The molecule has 0 aliphatic heterocycles. The van der Waals surface area contributed by atoms with Gasteiger partial charge < -0.3 is 9.84 Å². The summed E-state index contributed by atoms with van der Waals surface area (Å²) in [5, 5.41) is 18.4. The molecular formula is C16H13NO3. The Bertz CT molecular complexity index is 672. The number of hydrogen-bond donors (Lipinski definition) is 1. The number of rotatable bonds is 4. The van der Waals surface area contributed by atoms with E-state index in [0.717, 1.165) is 5.56 Å². The van der Waals surface area contributed by atoms with E-state index in [0.29, 0.717) is 17.7 Å². The van der Waals surface area contributed by atoms with Gasteiger partial charge in [-0.15, -0.1) is 0 Å². The van der Waals surface area contributed by atoms with Gasteiger partial charge in [0.1, 0.15) is 11.8 Å². The molecule has 100 valence electrons. The molecule has 4 heteroatoms. The largest absolute Gasteiger partial charge is 0.496 e. The Morgan fingerprint density at radius 3 is 2.50 bits per heavy atom. The zero-order valence-corrected chi connectivity index (χ0v) is 11.0. The molecular weight excluding hydrogens is 254 g/mol. The molecule has 2 rings (SSSR count). The Kier molecular flexibility index (Phi) is 4.02. The van der Waals surface area contributed by atoms with Crippen molar-refractivity contribution in [2.75, 3.05) is 7.11 Å². The number of carboxylic acid groups (broad SMARTS) is 1. The third-order valence-corrected chi connectivity index (χ3v) is 3.06. The Morgan fingerprint density at radius 1 is 1.25 bits per heavy atom. The Balaban J connectivity index is 2.57. The fourth-order valence-corrected chi connectivity index (χ4v) is 2.10. The molecule has 0 spiro atoms. The van der Waals surface area contributed by atoms with Crippen LogP contribution in [0.5, 0.6) is 5.75 Å². The van der Waals surface area contributed by atoms with Gasteiger partial charge in [-0.3, -0.25) is 0 Å². The number of ether oxygens (including phenoxy) is 1. The molecule has 0 saturated heterocycles. The van der Waals surface area contributed by atoms with Crippen LogP contribution in [0.2, 0.25) is 0 Å². The van der Waals surface area contributed by atoms with Crippen LogP contribution in [0.3, 0.4) is 0 Å². The van der Waals surface area contributed by atoms with Crippen LogP contribution in [0.1, 0.15) is 27.0 Å². The summed E-state index contributed by atoms with van der Waals surface area (Å²) >= 11 is 0. The summed E-state index contributed by atoms with van der Waals surface area (Å²) in [7, 11) is 1.51. The average molecular weight is 267 g/mol. The minimum atomic E-state index is -1.11. The van der Waals surface area contributed by atoms with Gasteiger partial charge in [0.05, 0.1) is 18.2 Å². The zero-order valence-electron chi connectivity index (χ0n) is 11.0. The summed E-state index contributed by atoms with van der Waals surface area (Å²) in [6.45, 7) is 0. The van der Waals surface area contributed by atoms with Crippen LogP contribution in [0.4, 0.5) is 0 Å². The lowest BCUT2D eigenvalue weighted by atomic mass is 9.95. The van der Waals surface area contributed by atoms with Crippen LogP contribution in [-0.2, 0) is 6.42 Å². The summed E-state index contributed by atoms with van der Waals surface area (Å²) in [6, 6.07) is 14.5. The summed E-state index contributed by atoms with van der Waals surface area (Å²) in [5.74, 6) is -0.589. The van der Waals surface area contributed by atoms with E-state index in [4.69, 9.17) is 9.84 Å². The molecule has 0 heterocycles. The summed E-state index contributed by atoms with van der Waals surface area (Å²) < 4.78 is 5.25. The normalized spacial score (nSPS) is 9.80. The van der Waals surface area contributed by atoms with Gasteiger partial charge in [-0.25, -0.2) is 4.79 Å². The number of carbonyl (C=O) groups is 1. The van der Waals surface area contributed by atoms with Crippen molar-refractivity contribution >= 4 is 5.97 Å². The quantitative estimate of drug-likeness (QED) is 0.924. The second kappa shape index (κ2) is 5.89. The first-order valence-corrected chi connectivity index (χ1v) is 6.04. The molecule has 0 bridgehead atoms. The highest BCUT2D eigenvalue weighted by Crippen LogP contribution is 2.27. The molecule has 0 aliphatic carbocycles. The number of methoxy groups -OCH3 is 1. The van der Waals surface area contributed by atoms with E-state index in [-0.39, 0.29) is 11.1 Å². The van der Waals surface area contributed by atoms with Crippen LogP contribution >= 0.6 is 0 Å². The summed E-state index contributed by atoms with van der Waals surface area (Å²) in [5.41, 5.74) is 1.74. The molecule has 1 N–H and O–H groups in total. The molecule has 0 aromatic heterocycles. The third kappa shape index (κ3) is 2.62. The molecule has 0 saturated carbocycles. The van der Waals surface area contributed by atoms with Gasteiger partial charge in [0.25, 0.3) is 0 Å². The van der Waals surface area contributed by atoms with Gasteiger partial charge in [-0.2, -0.15) is 5.26 Å². The highest BCUT2D eigenvalue weighted by Gasteiger charge is 2.18. The van der Waals surface area contributed by atoms with Gasteiger partial charge in [0.2, 0.25) is 0 Å². The average Bonchev–Trinajstić information content (AvgIpc) is 2.47. The number of hydrogen-bond acceptors (Lipinski definition) is 3. The minimum Gasteiger partial charge on any atom is -0.496 e. The fraction of sp³-hybridized carbons (Fsp3) is 0.125. The highest BCUT2D eigenvalue weighted by molar-refractivity contribution is 5.91. The van der Waals surface area contributed by atoms with Crippen molar-refractivity contribution in [2.24, 2.45) is 0 Å². The number of aromatic carboxylic acids is 1. The van der Waals surface area contributed by atoms with Gasteiger partial charge in [0, 0.05) is 12.0 Å². The lowest BCUT2D eigenvalue weighted by molar-refractivity contribution is 0.0696. The van der Waals surface area contributed by atoms with Crippen LogP contribution in [0, 0.1) is 11.3 Å². The molecule has 2 aromatic carbocycles. The van der Waals surface area contributed by atoms with Crippen LogP contribution in [0.25, 0.3) is 0 Å². The smallest absolute Gasteiger partial charge is 0.337 e. The minimum absolute atomic E-state index is 0.000712. The van der Waals surface area contributed by atoms with E-state index in [1.807, 2.05) is 36.4 Å². The van der Waals surface area contributed by atoms with Gasteiger partial charge in [-0.1, -0.05) is 30.3 Å². The van der Waals surface area contributed by atoms with Crippen molar-refractivity contribution < 1.29 is 14.6 Å². The maximum atomic E-state index is 11.2. The lowest BCUT2D eigenvalue weighted by Gasteiger charge is -2.12. The van der Waals surface area contributed by atoms with Gasteiger partial charge in [-0.05, 0) is 17.7 Å². The SMILES string of the molecule is COc1ccc(C(=O)O)c(C#N)c1Cc1ccccc1. The molecule has 0 amide bonds. The van der Waals surface area contributed by atoms with Crippen LogP contribution < -0.4 is 4.74 Å². The van der Waals surface area contributed by atoms with E-state index in [9.17, 15) is 10.1 Å². The van der Waals surface area contributed by atoms with Crippen LogP contribution in [-0.4, -0.2) is 18.2 Å². The first-order chi connectivity index (χ1) is 9.67. The molecule has 0 aliphatic rings. The Labute approximate surface area is 116 Å². The highest BCUT2D eigenvalue weighted by atomic mass is 16.5. The monoisotopic (exact) mass is 267 g/mol. The fourth-order valence-electron chi connectivity index (χ4n) is 2.10. The molecule has 4 nitrogen and oxygen atoms in total. The first-order valence-electron chi connectivity index (χ1n) is 6.04. The molecule has 0 atom stereocenters. The maximum absolute atomic E-state index is 11.2. The number of nitriles is 1. The second-order valence-corrected chi connectivity index (χ2v) is 4.25. The second-order valence-electron chi connectivity index (χ2n) is 4.25. The molecule has 0 fully saturated rings. The predicted molar refractivity (Wildman–Crippen MR) is 73.9 cm³/mol. The van der Waals surface area contributed by atoms with E-state index in [1.54, 1.807) is 6.07 Å². The number of benzene rings is 2. The van der Waals surface area contributed by atoms with Crippen molar-refractivity contribution in [2.45, 2.75) is 6.42 Å². The molecule has 20 heavy (non-hydrogen) atoms. The van der Waals surface area contributed by atoms with Crippen molar-refractivity contribution in [3.63, 3.8) is 0 Å². The van der Waals surface area contributed by atoms with E-state index < -0.39 is 5.97 Å². The topological polar surface area (TPSA) is 70.3 Å². The Morgan fingerprint density at radius 2 is 1.95 bits per heavy atom. The van der Waals surface area contributed by atoms with Crippen molar-refractivity contribution in [3.05, 3.63) is 64.7 Å². The molecule has 2 aromatic rings. The van der Waals surface area contributed by atoms with E-state index in [2.05, 4.69) is 0 Å². The molecule has 0 unspecified atom stereocenters. The van der Waals surface area contributed by atoms with Crippen LogP contribution in [0.15, 0.2) is 42.5 Å². The van der Waals surface area contributed by atoms with Crippen molar-refractivity contribution in [1.29, 1.82) is 5.26 Å². The van der Waals surface area contributed by atoms with E-state index in [1.165, 1.54) is 13.2 Å². The number of carboxylic acids is 1. The summed E-state index contributed by atoms with van der Waals surface area (Å²) in [6.07, 6.45) is 0.452. The standard InChI is InChI=1S/C16H13NO3/c1-20-15-8-7-12(16(18)19)14(10-17)13(15)9-11-5-3-2-4-6-11/h2-8H,9H2,1H3,(H,18,19).